The van der Waals surface area contributed by atoms with Crippen LogP contribution in [0.1, 0.15) is 60.4 Å². The normalized spacial score (nSPS) is 26.5. The first-order chi connectivity index (χ1) is 12.6. The number of hydrogen-bond donors (Lipinski definition) is 1. The Morgan fingerprint density at radius 3 is 2.54 bits per heavy atom. The summed E-state index contributed by atoms with van der Waals surface area (Å²) in [6.07, 6.45) is 6.95. The second-order valence-corrected chi connectivity index (χ2v) is 8.69. The molecule has 138 valence electrons. The number of rotatable bonds is 4. The third-order valence-corrected chi connectivity index (χ3v) is 7.07. The molecule has 2 aliphatic heterocycles. The van der Waals surface area contributed by atoms with Crippen LogP contribution in [-0.2, 0) is 4.79 Å². The van der Waals surface area contributed by atoms with Gasteiger partial charge in [0.25, 0.3) is 5.91 Å². The van der Waals surface area contributed by atoms with Gasteiger partial charge < -0.3 is 5.32 Å². The summed E-state index contributed by atoms with van der Waals surface area (Å²) in [5, 5.41) is 2.80. The first-order valence-electron chi connectivity index (χ1n) is 9.44. The van der Waals surface area contributed by atoms with E-state index in [9.17, 15) is 14.4 Å². The summed E-state index contributed by atoms with van der Waals surface area (Å²) in [6, 6.07) is 7.30. The number of benzene rings is 1. The zero-order valence-corrected chi connectivity index (χ0v) is 15.6. The Balaban J connectivity index is 1.43. The molecule has 3 fully saturated rings. The van der Waals surface area contributed by atoms with E-state index >= 15 is 0 Å². The number of thioether (sulfide) groups is 1. The highest BCUT2D eigenvalue weighted by molar-refractivity contribution is 7.99. The second kappa shape index (κ2) is 7.06. The van der Waals surface area contributed by atoms with Gasteiger partial charge in [-0.3, -0.25) is 14.5 Å². The van der Waals surface area contributed by atoms with Gasteiger partial charge in [0, 0.05) is 11.3 Å². The van der Waals surface area contributed by atoms with Crippen molar-refractivity contribution in [2.24, 2.45) is 0 Å². The summed E-state index contributed by atoms with van der Waals surface area (Å²) >= 11 is 1.66. The lowest BCUT2D eigenvalue weighted by atomic mass is 9.84. The van der Waals surface area contributed by atoms with Crippen LogP contribution in [0.5, 0.6) is 0 Å². The molecule has 0 bridgehead atoms. The molecule has 1 aliphatic carbocycles. The maximum atomic E-state index is 12.6. The topological polar surface area (TPSA) is 66.5 Å². The van der Waals surface area contributed by atoms with Crippen LogP contribution < -0.4 is 5.32 Å². The number of imide groups is 1. The molecule has 3 amide bonds. The van der Waals surface area contributed by atoms with Crippen LogP contribution in [0.25, 0.3) is 0 Å². The number of urea groups is 1. The highest BCUT2D eigenvalue weighted by Gasteiger charge is 2.53. The molecule has 2 saturated heterocycles. The molecule has 1 unspecified atom stereocenters. The number of carbonyl (C=O) groups is 3. The van der Waals surface area contributed by atoms with Crippen molar-refractivity contribution in [3.8, 4) is 0 Å². The molecule has 3 aliphatic rings. The molecule has 5 nitrogen and oxygen atoms in total. The minimum Gasteiger partial charge on any atom is -0.322 e. The Morgan fingerprint density at radius 2 is 1.88 bits per heavy atom. The molecule has 4 rings (SSSR count). The summed E-state index contributed by atoms with van der Waals surface area (Å²) in [6.45, 7) is -0.181. The number of carbonyl (C=O) groups excluding carboxylic acids is 3. The minimum absolute atomic E-state index is 0.181. The predicted octanol–water partition coefficient (Wildman–Crippen LogP) is 3.34. The maximum absolute atomic E-state index is 12.6. The van der Waals surface area contributed by atoms with Gasteiger partial charge in [-0.15, -0.1) is 0 Å². The van der Waals surface area contributed by atoms with E-state index in [4.69, 9.17) is 0 Å². The fourth-order valence-electron chi connectivity index (χ4n) is 4.26. The largest absolute Gasteiger partial charge is 0.325 e. The van der Waals surface area contributed by atoms with Crippen molar-refractivity contribution in [3.05, 3.63) is 35.4 Å². The van der Waals surface area contributed by atoms with E-state index in [2.05, 4.69) is 5.32 Å². The van der Waals surface area contributed by atoms with Crippen LogP contribution in [0.2, 0.25) is 0 Å². The Kier molecular flexibility index (Phi) is 4.78. The van der Waals surface area contributed by atoms with Gasteiger partial charge in [0.1, 0.15) is 5.54 Å². The molecular weight excluding hydrogens is 348 g/mol. The molecule has 1 N–H and O–H groups in total. The second-order valence-electron chi connectivity index (χ2n) is 7.59. The highest BCUT2D eigenvalue weighted by Crippen LogP contribution is 2.34. The third kappa shape index (κ3) is 3.15. The van der Waals surface area contributed by atoms with Gasteiger partial charge in [0.05, 0.1) is 6.54 Å². The zero-order chi connectivity index (χ0) is 18.1. The monoisotopic (exact) mass is 372 g/mol. The number of Topliss-reactive ketones (excluding diaryl/α,β-unsaturated/α-hetero) is 1. The summed E-state index contributed by atoms with van der Waals surface area (Å²) in [7, 11) is 0. The van der Waals surface area contributed by atoms with Crippen molar-refractivity contribution in [3.63, 3.8) is 0 Å². The Hall–Kier alpha value is -1.82. The van der Waals surface area contributed by atoms with Gasteiger partial charge in [0.15, 0.2) is 5.78 Å². The van der Waals surface area contributed by atoms with Crippen LogP contribution >= 0.6 is 11.8 Å². The smallest absolute Gasteiger partial charge is 0.322 e. The van der Waals surface area contributed by atoms with E-state index in [1.807, 2.05) is 24.3 Å². The van der Waals surface area contributed by atoms with Gasteiger partial charge in [-0.1, -0.05) is 43.5 Å². The third-order valence-electron chi connectivity index (χ3n) is 5.88. The molecule has 0 radical (unpaired) electrons. The zero-order valence-electron chi connectivity index (χ0n) is 14.8. The van der Waals surface area contributed by atoms with Crippen molar-refractivity contribution >= 4 is 29.5 Å². The SMILES string of the molecule is O=C(CN1C(=O)NC2(CCSC2)C1=O)c1ccc(C2CCCCC2)cc1. The van der Waals surface area contributed by atoms with Crippen LogP contribution in [0.3, 0.4) is 0 Å². The van der Waals surface area contributed by atoms with Crippen molar-refractivity contribution < 1.29 is 14.4 Å². The van der Waals surface area contributed by atoms with Crippen LogP contribution in [0.4, 0.5) is 4.79 Å². The molecule has 0 aromatic heterocycles. The fraction of sp³-hybridized carbons (Fsp3) is 0.550. The fourth-order valence-corrected chi connectivity index (χ4v) is 5.59. The van der Waals surface area contributed by atoms with Gasteiger partial charge >= 0.3 is 6.03 Å². The van der Waals surface area contributed by atoms with Gasteiger partial charge in [-0.2, -0.15) is 11.8 Å². The van der Waals surface area contributed by atoms with E-state index in [-0.39, 0.29) is 18.2 Å². The highest BCUT2D eigenvalue weighted by atomic mass is 32.2. The Morgan fingerprint density at radius 1 is 1.15 bits per heavy atom. The number of ketones is 1. The first kappa shape index (κ1) is 17.6. The first-order valence-corrected chi connectivity index (χ1v) is 10.6. The van der Waals surface area contributed by atoms with E-state index in [0.29, 0.717) is 23.7 Å². The van der Waals surface area contributed by atoms with Crippen molar-refractivity contribution in [1.82, 2.24) is 10.2 Å². The summed E-state index contributed by atoms with van der Waals surface area (Å²) in [5.74, 6) is 1.61. The number of nitrogens with zero attached hydrogens (tertiary/aromatic N) is 1. The summed E-state index contributed by atoms with van der Waals surface area (Å²) in [4.78, 5) is 38.5. The molecule has 1 aromatic carbocycles. The van der Waals surface area contributed by atoms with Gasteiger partial charge in [-0.25, -0.2) is 4.79 Å². The Labute approximate surface area is 157 Å². The molecular formula is C20H24N2O3S. The molecule has 1 aromatic rings. The van der Waals surface area contributed by atoms with Crippen molar-refractivity contribution in [2.45, 2.75) is 50.0 Å². The lowest BCUT2D eigenvalue weighted by molar-refractivity contribution is -0.130. The average molecular weight is 372 g/mol. The van der Waals surface area contributed by atoms with E-state index < -0.39 is 11.6 Å². The van der Waals surface area contributed by atoms with Gasteiger partial charge in [0.2, 0.25) is 0 Å². The predicted molar refractivity (Wildman–Crippen MR) is 102 cm³/mol. The van der Waals surface area contributed by atoms with E-state index in [1.165, 1.54) is 37.7 Å². The van der Waals surface area contributed by atoms with Crippen LogP contribution in [-0.4, -0.2) is 46.2 Å². The van der Waals surface area contributed by atoms with Crippen molar-refractivity contribution in [1.29, 1.82) is 0 Å². The minimum atomic E-state index is -0.785. The maximum Gasteiger partial charge on any atom is 0.325 e. The molecule has 1 saturated carbocycles. The molecule has 2 heterocycles. The average Bonchev–Trinajstić information content (AvgIpc) is 3.23. The number of nitrogens with one attached hydrogen (secondary N) is 1. The van der Waals surface area contributed by atoms with E-state index in [1.54, 1.807) is 11.8 Å². The van der Waals surface area contributed by atoms with E-state index in [0.717, 1.165) is 10.7 Å². The quantitative estimate of drug-likeness (QED) is 0.650. The van der Waals surface area contributed by atoms with Gasteiger partial charge in [-0.05, 0) is 36.5 Å². The van der Waals surface area contributed by atoms with Crippen molar-refractivity contribution in [2.75, 3.05) is 18.1 Å². The molecule has 1 atom stereocenters. The number of hydrogen-bond acceptors (Lipinski definition) is 4. The summed E-state index contributed by atoms with van der Waals surface area (Å²) in [5.41, 5.74) is 1.07. The lowest BCUT2D eigenvalue weighted by Crippen LogP contribution is -2.47. The Bertz CT molecular complexity index is 719. The molecule has 26 heavy (non-hydrogen) atoms. The van der Waals surface area contributed by atoms with Crippen LogP contribution in [0.15, 0.2) is 24.3 Å². The standard InChI is InChI=1S/C20H24N2O3S/c23-17(12-22-18(24)20(21-19(22)25)10-11-26-13-20)16-8-6-15(7-9-16)14-4-2-1-3-5-14/h6-9,14H,1-5,10-13H2,(H,21,25). The molecule has 6 heteroatoms. The molecule has 1 spiro atoms. The van der Waals surface area contributed by atoms with Crippen LogP contribution in [0, 0.1) is 0 Å². The summed E-state index contributed by atoms with van der Waals surface area (Å²) < 4.78 is 0. The lowest BCUT2D eigenvalue weighted by Gasteiger charge is -2.22. The number of amides is 3.